The van der Waals surface area contributed by atoms with Crippen LogP contribution in [0.15, 0.2) is 17.6 Å². The largest absolute Gasteiger partial charge is 0.360 e. The van der Waals surface area contributed by atoms with Crippen LogP contribution in [0.1, 0.15) is 24.8 Å². The molecule has 0 unspecified atom stereocenters. The van der Waals surface area contributed by atoms with E-state index in [2.05, 4.69) is 29.7 Å². The lowest BCUT2D eigenvalue weighted by atomic mass is 10.1. The molecule has 86 valence electrons. The van der Waals surface area contributed by atoms with Crippen LogP contribution in [-0.2, 0) is 6.54 Å². The van der Waals surface area contributed by atoms with Crippen molar-refractivity contribution in [3.8, 4) is 0 Å². The molecule has 0 radical (unpaired) electrons. The molecule has 0 bridgehead atoms. The predicted molar refractivity (Wildman–Crippen MR) is 69.6 cm³/mol. The molecule has 1 N–H and O–H groups in total. The van der Waals surface area contributed by atoms with Gasteiger partial charge in [-0.15, -0.1) is 11.3 Å². The fourth-order valence-corrected chi connectivity index (χ4v) is 3.73. The molecule has 1 aliphatic rings. The van der Waals surface area contributed by atoms with Crippen LogP contribution in [0.5, 0.6) is 0 Å². The first kappa shape index (κ1) is 10.4. The third-order valence-corrected chi connectivity index (χ3v) is 4.80. The highest BCUT2D eigenvalue weighted by atomic mass is 32.1. The molecule has 2 nitrogen and oxygen atoms in total. The zero-order valence-electron chi connectivity index (χ0n) is 9.83. The second kappa shape index (κ2) is 3.90. The van der Waals surface area contributed by atoms with Crippen molar-refractivity contribution in [3.05, 3.63) is 23.2 Å². The predicted octanol–water partition coefficient (Wildman–Crippen LogP) is 3.36. The second-order valence-electron chi connectivity index (χ2n) is 5.26. The molecule has 0 amide bonds. The van der Waals surface area contributed by atoms with Crippen LogP contribution in [-0.4, -0.2) is 29.6 Å². The average molecular weight is 235 g/mol. The number of rotatable bonds is 2. The number of quaternary nitrogens is 1. The van der Waals surface area contributed by atoms with Crippen LogP contribution < -0.4 is 0 Å². The van der Waals surface area contributed by atoms with E-state index in [0.717, 1.165) is 0 Å². The van der Waals surface area contributed by atoms with Gasteiger partial charge >= 0.3 is 0 Å². The Bertz CT molecular complexity index is 477. The van der Waals surface area contributed by atoms with Crippen LogP contribution in [0.3, 0.4) is 0 Å². The van der Waals surface area contributed by atoms with Gasteiger partial charge in [-0.05, 0) is 30.7 Å². The van der Waals surface area contributed by atoms with Gasteiger partial charge < -0.3 is 9.47 Å². The number of likely N-dealkylation sites (tertiary alicyclic amines) is 1. The van der Waals surface area contributed by atoms with E-state index in [1.165, 1.54) is 59.2 Å². The highest BCUT2D eigenvalue weighted by molar-refractivity contribution is 7.17. The van der Waals surface area contributed by atoms with Crippen LogP contribution in [0.4, 0.5) is 0 Å². The number of H-pyrrole nitrogens is 1. The van der Waals surface area contributed by atoms with Crippen molar-refractivity contribution in [3.63, 3.8) is 0 Å². The fraction of sp³-hybridized carbons (Fsp3) is 0.538. The van der Waals surface area contributed by atoms with E-state index in [-0.39, 0.29) is 0 Å². The van der Waals surface area contributed by atoms with Crippen LogP contribution >= 0.6 is 11.3 Å². The Morgan fingerprint density at radius 1 is 1.31 bits per heavy atom. The van der Waals surface area contributed by atoms with Crippen molar-refractivity contribution in [2.24, 2.45) is 0 Å². The minimum absolute atomic E-state index is 1.19. The highest BCUT2D eigenvalue weighted by Crippen LogP contribution is 2.28. The summed E-state index contributed by atoms with van der Waals surface area (Å²) < 4.78 is 2.69. The summed E-state index contributed by atoms with van der Waals surface area (Å²) >= 11 is 1.87. The van der Waals surface area contributed by atoms with Crippen LogP contribution in [0.25, 0.3) is 10.2 Å². The number of piperidine rings is 1. The quantitative estimate of drug-likeness (QED) is 0.768. The molecule has 3 heteroatoms. The Morgan fingerprint density at radius 3 is 2.94 bits per heavy atom. The van der Waals surface area contributed by atoms with Gasteiger partial charge in [-0.3, -0.25) is 0 Å². The van der Waals surface area contributed by atoms with Gasteiger partial charge in [0.2, 0.25) is 0 Å². The number of hydrogen-bond acceptors (Lipinski definition) is 1. The first-order chi connectivity index (χ1) is 7.77. The number of aromatic amines is 1. The molecule has 2 aromatic heterocycles. The Balaban J connectivity index is 1.86. The summed E-state index contributed by atoms with van der Waals surface area (Å²) in [7, 11) is 2.41. The first-order valence-corrected chi connectivity index (χ1v) is 7.02. The van der Waals surface area contributed by atoms with Crippen LogP contribution in [0, 0.1) is 0 Å². The smallest absolute Gasteiger partial charge is 0.107 e. The van der Waals surface area contributed by atoms with Gasteiger partial charge in [-0.25, -0.2) is 0 Å². The number of nitrogens with one attached hydrogen (secondary N) is 1. The number of nitrogens with zero attached hydrogens (tertiary/aromatic N) is 1. The summed E-state index contributed by atoms with van der Waals surface area (Å²) in [5.74, 6) is 0. The van der Waals surface area contributed by atoms with Crippen molar-refractivity contribution < 1.29 is 4.48 Å². The van der Waals surface area contributed by atoms with Gasteiger partial charge in [-0.2, -0.15) is 0 Å². The zero-order chi connectivity index (χ0) is 11.0. The third kappa shape index (κ3) is 1.78. The van der Waals surface area contributed by atoms with Crippen molar-refractivity contribution in [1.29, 1.82) is 0 Å². The molecular formula is C13H19N2S+. The molecule has 3 heterocycles. The second-order valence-corrected chi connectivity index (χ2v) is 6.18. The maximum atomic E-state index is 3.38. The first-order valence-electron chi connectivity index (χ1n) is 6.14. The molecule has 1 fully saturated rings. The molecule has 1 saturated heterocycles. The van der Waals surface area contributed by atoms with Gasteiger partial charge in [0.1, 0.15) is 6.54 Å². The Morgan fingerprint density at radius 2 is 2.12 bits per heavy atom. The summed E-state index contributed by atoms with van der Waals surface area (Å²) in [5.41, 5.74) is 2.82. The summed E-state index contributed by atoms with van der Waals surface area (Å²) in [5, 5.41) is 2.18. The summed E-state index contributed by atoms with van der Waals surface area (Å²) in [6, 6.07) is 2.18. The molecule has 2 aromatic rings. The van der Waals surface area contributed by atoms with E-state index in [0.29, 0.717) is 0 Å². The van der Waals surface area contributed by atoms with E-state index in [4.69, 9.17) is 0 Å². The molecule has 0 aliphatic carbocycles. The van der Waals surface area contributed by atoms with E-state index in [1.807, 2.05) is 11.3 Å². The minimum atomic E-state index is 1.19. The normalized spacial score (nSPS) is 20.3. The average Bonchev–Trinajstić information content (AvgIpc) is 2.84. The lowest BCUT2D eigenvalue weighted by Gasteiger charge is -2.37. The van der Waals surface area contributed by atoms with Crippen molar-refractivity contribution in [2.45, 2.75) is 25.8 Å². The Hall–Kier alpha value is -0.800. The SMILES string of the molecule is C[N+]1(Cc2c[nH]c3ccsc23)CCCCC1. The van der Waals surface area contributed by atoms with Gasteiger partial charge in [0, 0.05) is 11.8 Å². The Labute approximate surface area is 100 Å². The molecule has 0 aromatic carbocycles. The standard InChI is InChI=1S/C13H19N2S/c1-15(6-3-2-4-7-15)10-11-9-14-12-5-8-16-13(11)12/h5,8-9,14H,2-4,6-7,10H2,1H3/q+1. The number of aromatic nitrogens is 1. The summed E-state index contributed by atoms with van der Waals surface area (Å²) in [6.45, 7) is 3.89. The molecule has 16 heavy (non-hydrogen) atoms. The number of hydrogen-bond donors (Lipinski definition) is 1. The van der Waals surface area contributed by atoms with Crippen molar-refractivity contribution in [2.75, 3.05) is 20.1 Å². The van der Waals surface area contributed by atoms with Crippen LogP contribution in [0.2, 0.25) is 0 Å². The van der Waals surface area contributed by atoms with Gasteiger partial charge in [0.05, 0.1) is 30.4 Å². The van der Waals surface area contributed by atoms with Gasteiger partial charge in [0.15, 0.2) is 0 Å². The lowest BCUT2D eigenvalue weighted by Crippen LogP contribution is -2.46. The highest BCUT2D eigenvalue weighted by Gasteiger charge is 2.26. The molecule has 0 saturated carbocycles. The van der Waals surface area contributed by atoms with E-state index < -0.39 is 0 Å². The molecular weight excluding hydrogens is 216 g/mol. The number of thiophene rings is 1. The zero-order valence-corrected chi connectivity index (χ0v) is 10.6. The monoisotopic (exact) mass is 235 g/mol. The number of fused-ring (bicyclic) bond motifs is 1. The maximum absolute atomic E-state index is 3.38. The molecule has 3 rings (SSSR count). The van der Waals surface area contributed by atoms with Gasteiger partial charge in [0.25, 0.3) is 0 Å². The maximum Gasteiger partial charge on any atom is 0.107 e. The van der Waals surface area contributed by atoms with Crippen molar-refractivity contribution in [1.82, 2.24) is 4.98 Å². The third-order valence-electron chi connectivity index (χ3n) is 3.81. The van der Waals surface area contributed by atoms with Crippen molar-refractivity contribution >= 4 is 21.6 Å². The Kier molecular flexibility index (Phi) is 2.52. The molecule has 0 spiro atoms. The summed E-state index contributed by atoms with van der Waals surface area (Å²) in [4.78, 5) is 3.38. The molecule has 1 aliphatic heterocycles. The van der Waals surface area contributed by atoms with E-state index >= 15 is 0 Å². The van der Waals surface area contributed by atoms with E-state index in [1.54, 1.807) is 0 Å². The minimum Gasteiger partial charge on any atom is -0.360 e. The lowest BCUT2D eigenvalue weighted by molar-refractivity contribution is -0.926. The van der Waals surface area contributed by atoms with E-state index in [9.17, 15) is 0 Å². The van der Waals surface area contributed by atoms with Gasteiger partial charge in [-0.1, -0.05) is 0 Å². The topological polar surface area (TPSA) is 15.8 Å². The fourth-order valence-electron chi connectivity index (χ4n) is 2.86. The summed E-state index contributed by atoms with van der Waals surface area (Å²) in [6.07, 6.45) is 6.43. The molecule has 0 atom stereocenters.